The van der Waals surface area contributed by atoms with Crippen molar-refractivity contribution in [3.63, 3.8) is 0 Å². The number of rotatable bonds is 3. The maximum absolute atomic E-state index is 11.8. The Bertz CT molecular complexity index is 284. The second-order valence-electron chi connectivity index (χ2n) is 2.78. The lowest BCUT2D eigenvalue weighted by atomic mass is 10.3. The third-order valence-electron chi connectivity index (χ3n) is 1.57. The molecule has 78 valence electrons. The predicted octanol–water partition coefficient (Wildman–Crippen LogP) is 1.46. The number of hydrogen-bond donors (Lipinski definition) is 1. The first-order valence-corrected chi connectivity index (χ1v) is 3.98. The largest absolute Gasteiger partial charge is 0.392 e. The van der Waals surface area contributed by atoms with Crippen molar-refractivity contribution in [2.24, 2.45) is 0 Å². The van der Waals surface area contributed by atoms with Gasteiger partial charge in [0, 0.05) is 24.4 Å². The topological polar surface area (TPSA) is 46.0 Å². The van der Waals surface area contributed by atoms with Gasteiger partial charge in [-0.2, -0.15) is 13.2 Å². The zero-order valence-corrected chi connectivity index (χ0v) is 7.25. The predicted molar refractivity (Wildman–Crippen MR) is 42.3 cm³/mol. The average molecular weight is 206 g/mol. The van der Waals surface area contributed by atoms with Gasteiger partial charge in [0.25, 0.3) is 0 Å². The van der Waals surface area contributed by atoms with Crippen LogP contribution in [0.4, 0.5) is 13.2 Å². The monoisotopic (exact) mass is 206 g/mol. The maximum atomic E-state index is 11.8. The molecule has 14 heavy (non-hydrogen) atoms. The van der Waals surface area contributed by atoms with Crippen molar-refractivity contribution in [2.75, 3.05) is 0 Å². The third-order valence-corrected chi connectivity index (χ3v) is 1.57. The van der Waals surface area contributed by atoms with Crippen molar-refractivity contribution in [3.8, 4) is 0 Å². The van der Waals surface area contributed by atoms with E-state index in [9.17, 15) is 13.2 Å². The molecular formula is C8H9F3N2O. The van der Waals surface area contributed by atoms with E-state index in [1.54, 1.807) is 0 Å². The van der Waals surface area contributed by atoms with Gasteiger partial charge in [-0.05, 0) is 0 Å². The fourth-order valence-electron chi connectivity index (χ4n) is 0.846. The molecule has 0 amide bonds. The van der Waals surface area contributed by atoms with Gasteiger partial charge in [0.1, 0.15) is 5.82 Å². The van der Waals surface area contributed by atoms with Gasteiger partial charge in [-0.15, -0.1) is 0 Å². The average Bonchev–Trinajstić information content (AvgIpc) is 2.14. The van der Waals surface area contributed by atoms with Crippen LogP contribution >= 0.6 is 0 Å². The molecule has 1 aromatic heterocycles. The van der Waals surface area contributed by atoms with E-state index in [1.807, 2.05) is 0 Å². The highest BCUT2D eigenvalue weighted by Gasteiger charge is 2.26. The molecule has 1 N–H and O–H groups in total. The van der Waals surface area contributed by atoms with Crippen LogP contribution in [0.2, 0.25) is 0 Å². The molecule has 0 aliphatic rings. The quantitative estimate of drug-likeness (QED) is 0.814. The van der Waals surface area contributed by atoms with E-state index in [-0.39, 0.29) is 18.9 Å². The molecule has 0 radical (unpaired) electrons. The molecule has 0 spiro atoms. The first-order valence-electron chi connectivity index (χ1n) is 3.98. The molecule has 0 unspecified atom stereocenters. The van der Waals surface area contributed by atoms with Gasteiger partial charge in [-0.3, -0.25) is 0 Å². The Hall–Kier alpha value is -1.17. The van der Waals surface area contributed by atoms with Gasteiger partial charge in [-0.1, -0.05) is 0 Å². The zero-order chi connectivity index (χ0) is 10.6. The van der Waals surface area contributed by atoms with Crippen LogP contribution in [0.5, 0.6) is 0 Å². The normalized spacial score (nSPS) is 11.7. The molecule has 0 aliphatic carbocycles. The molecule has 0 fully saturated rings. The van der Waals surface area contributed by atoms with Gasteiger partial charge >= 0.3 is 6.18 Å². The lowest BCUT2D eigenvalue weighted by Gasteiger charge is -2.04. The summed E-state index contributed by atoms with van der Waals surface area (Å²) in [7, 11) is 0. The van der Waals surface area contributed by atoms with Crippen LogP contribution in [0.15, 0.2) is 12.4 Å². The van der Waals surface area contributed by atoms with E-state index < -0.39 is 12.6 Å². The van der Waals surface area contributed by atoms with Crippen LogP contribution in [0, 0.1) is 0 Å². The van der Waals surface area contributed by atoms with Crippen molar-refractivity contribution in [2.45, 2.75) is 25.6 Å². The number of aliphatic hydroxyl groups is 1. The molecule has 1 rings (SSSR count). The summed E-state index contributed by atoms with van der Waals surface area (Å²) in [6.45, 7) is -0.209. The maximum Gasteiger partial charge on any atom is 0.389 e. The fraction of sp³-hybridized carbons (Fsp3) is 0.500. The van der Waals surface area contributed by atoms with E-state index in [2.05, 4.69) is 9.97 Å². The molecule has 0 bridgehead atoms. The Morgan fingerprint density at radius 1 is 1.21 bits per heavy atom. The molecule has 0 aromatic carbocycles. The highest BCUT2D eigenvalue weighted by molar-refractivity contribution is 5.03. The highest BCUT2D eigenvalue weighted by atomic mass is 19.4. The fourth-order valence-corrected chi connectivity index (χ4v) is 0.846. The summed E-state index contributed by atoms with van der Waals surface area (Å²) >= 11 is 0. The number of aryl methyl sites for hydroxylation is 1. The van der Waals surface area contributed by atoms with Gasteiger partial charge in [0.2, 0.25) is 0 Å². The van der Waals surface area contributed by atoms with Crippen molar-refractivity contribution >= 4 is 0 Å². The lowest BCUT2D eigenvalue weighted by molar-refractivity contribution is -0.134. The molecule has 0 atom stereocenters. The number of nitrogens with zero attached hydrogens (tertiary/aromatic N) is 2. The van der Waals surface area contributed by atoms with Gasteiger partial charge < -0.3 is 5.11 Å². The van der Waals surface area contributed by atoms with Crippen molar-refractivity contribution in [1.82, 2.24) is 9.97 Å². The number of alkyl halides is 3. The highest BCUT2D eigenvalue weighted by Crippen LogP contribution is 2.20. The van der Waals surface area contributed by atoms with Crippen molar-refractivity contribution in [3.05, 3.63) is 23.8 Å². The van der Waals surface area contributed by atoms with Crippen molar-refractivity contribution < 1.29 is 18.3 Å². The summed E-state index contributed by atoms with van der Waals surface area (Å²) in [5.41, 5.74) is 0.487. The van der Waals surface area contributed by atoms with Gasteiger partial charge in [-0.25, -0.2) is 9.97 Å². The van der Waals surface area contributed by atoms with E-state index in [4.69, 9.17) is 5.11 Å². The Kier molecular flexibility index (Phi) is 3.40. The summed E-state index contributed by atoms with van der Waals surface area (Å²) in [5, 5.41) is 8.63. The Morgan fingerprint density at radius 2 is 1.79 bits per heavy atom. The number of hydrogen-bond acceptors (Lipinski definition) is 3. The Morgan fingerprint density at radius 3 is 2.21 bits per heavy atom. The summed E-state index contributed by atoms with van der Waals surface area (Å²) in [6.07, 6.45) is -2.70. The first-order chi connectivity index (χ1) is 6.51. The SMILES string of the molecule is OCc1cnc(CCC(F)(F)F)nc1. The van der Waals surface area contributed by atoms with Crippen LogP contribution in [-0.4, -0.2) is 21.3 Å². The Balaban J connectivity index is 2.52. The van der Waals surface area contributed by atoms with Gasteiger partial charge in [0.05, 0.1) is 13.0 Å². The van der Waals surface area contributed by atoms with E-state index in [0.29, 0.717) is 5.56 Å². The number of aliphatic hydroxyl groups excluding tert-OH is 1. The molecule has 3 nitrogen and oxygen atoms in total. The van der Waals surface area contributed by atoms with Gasteiger partial charge in [0.15, 0.2) is 0 Å². The van der Waals surface area contributed by atoms with Crippen LogP contribution in [0.3, 0.4) is 0 Å². The van der Waals surface area contributed by atoms with E-state index in [0.717, 1.165) is 0 Å². The molecule has 6 heteroatoms. The third kappa shape index (κ3) is 3.69. The van der Waals surface area contributed by atoms with Crippen LogP contribution < -0.4 is 0 Å². The van der Waals surface area contributed by atoms with Crippen LogP contribution in [0.25, 0.3) is 0 Å². The summed E-state index contributed by atoms with van der Waals surface area (Å²) in [5.74, 6) is 0.138. The number of halogens is 3. The minimum absolute atomic E-state index is 0.138. The molecule has 0 aliphatic heterocycles. The number of aromatic nitrogens is 2. The standard InChI is InChI=1S/C8H9F3N2O/c9-8(10,11)2-1-7-12-3-6(5-14)4-13-7/h3-4,14H,1-2,5H2. The van der Waals surface area contributed by atoms with Crippen LogP contribution in [0.1, 0.15) is 17.8 Å². The smallest absolute Gasteiger partial charge is 0.389 e. The molecule has 1 heterocycles. The molecule has 0 saturated carbocycles. The van der Waals surface area contributed by atoms with E-state index in [1.165, 1.54) is 12.4 Å². The van der Waals surface area contributed by atoms with E-state index >= 15 is 0 Å². The second kappa shape index (κ2) is 4.36. The molecule has 1 aromatic rings. The molecule has 0 saturated heterocycles. The van der Waals surface area contributed by atoms with Crippen LogP contribution in [-0.2, 0) is 13.0 Å². The minimum Gasteiger partial charge on any atom is -0.392 e. The minimum atomic E-state index is -4.18. The molecular weight excluding hydrogens is 197 g/mol. The second-order valence-corrected chi connectivity index (χ2v) is 2.78. The summed E-state index contributed by atoms with van der Waals surface area (Å²) in [6, 6.07) is 0. The van der Waals surface area contributed by atoms with Crippen molar-refractivity contribution in [1.29, 1.82) is 0 Å². The summed E-state index contributed by atoms with van der Waals surface area (Å²) < 4.78 is 35.4. The first kappa shape index (κ1) is 10.9. The lowest BCUT2D eigenvalue weighted by Crippen LogP contribution is -2.10. The summed E-state index contributed by atoms with van der Waals surface area (Å²) in [4.78, 5) is 7.36. The zero-order valence-electron chi connectivity index (χ0n) is 7.25. The Labute approximate surface area is 78.6 Å².